The second-order valence-corrected chi connectivity index (χ2v) is 8.10. The molecule has 0 bridgehead atoms. The van der Waals surface area contributed by atoms with Crippen molar-refractivity contribution in [2.75, 3.05) is 39.8 Å². The molecule has 1 unspecified atom stereocenters. The largest absolute Gasteiger partial charge is 0.357 e. The van der Waals surface area contributed by atoms with Crippen LogP contribution in [-0.4, -0.2) is 77.3 Å². The lowest BCUT2D eigenvalue weighted by molar-refractivity contribution is -0.141. The van der Waals surface area contributed by atoms with Gasteiger partial charge in [0.1, 0.15) is 5.69 Å². The molecule has 1 aromatic rings. The van der Waals surface area contributed by atoms with Crippen LogP contribution < -0.4 is 0 Å². The highest BCUT2D eigenvalue weighted by molar-refractivity contribution is 5.92. The molecule has 1 spiro atoms. The molecule has 3 aliphatic rings. The quantitative estimate of drug-likeness (QED) is 0.886. The number of amides is 2. The predicted octanol–water partition coefficient (Wildman–Crippen LogP) is 1.56. The van der Waals surface area contributed by atoms with Crippen molar-refractivity contribution in [2.45, 2.75) is 38.1 Å². The molecule has 3 aliphatic heterocycles. The van der Waals surface area contributed by atoms with Gasteiger partial charge in [0.2, 0.25) is 5.91 Å². The molecular weight excluding hydrogens is 316 g/mol. The molecule has 136 valence electrons. The van der Waals surface area contributed by atoms with E-state index < -0.39 is 0 Å². The van der Waals surface area contributed by atoms with Crippen molar-refractivity contribution in [3.8, 4) is 0 Å². The number of aromatic amines is 1. The van der Waals surface area contributed by atoms with E-state index in [2.05, 4.69) is 21.8 Å². The maximum atomic E-state index is 12.5. The molecule has 6 heteroatoms. The maximum Gasteiger partial charge on any atom is 0.270 e. The summed E-state index contributed by atoms with van der Waals surface area (Å²) in [4.78, 5) is 34.4. The molecule has 4 rings (SSSR count). The van der Waals surface area contributed by atoms with Gasteiger partial charge >= 0.3 is 0 Å². The van der Waals surface area contributed by atoms with Crippen molar-refractivity contribution in [3.63, 3.8) is 0 Å². The van der Waals surface area contributed by atoms with Crippen molar-refractivity contribution in [2.24, 2.45) is 5.41 Å². The van der Waals surface area contributed by atoms with Gasteiger partial charge in [0, 0.05) is 44.8 Å². The summed E-state index contributed by atoms with van der Waals surface area (Å²) in [6, 6.07) is 4.08. The normalized spacial score (nSPS) is 27.2. The lowest BCUT2D eigenvalue weighted by atomic mass is 9.72. The molecule has 0 aliphatic carbocycles. The first-order valence-corrected chi connectivity index (χ1v) is 9.47. The van der Waals surface area contributed by atoms with E-state index in [1.807, 2.05) is 17.0 Å². The molecule has 0 aromatic carbocycles. The smallest absolute Gasteiger partial charge is 0.270 e. The Morgan fingerprint density at radius 3 is 2.68 bits per heavy atom. The summed E-state index contributed by atoms with van der Waals surface area (Å²) in [6.45, 7) is 4.56. The van der Waals surface area contributed by atoms with E-state index >= 15 is 0 Å². The number of nitrogens with one attached hydrogen (secondary N) is 1. The molecular formula is C19H28N4O2. The number of likely N-dealkylation sites (N-methyl/N-ethyl adjacent to an activating group) is 1. The molecule has 2 amide bonds. The number of rotatable bonds is 2. The Balaban J connectivity index is 1.40. The van der Waals surface area contributed by atoms with Crippen LogP contribution in [0.4, 0.5) is 0 Å². The minimum absolute atomic E-state index is 0.0982. The van der Waals surface area contributed by atoms with E-state index in [1.165, 1.54) is 0 Å². The van der Waals surface area contributed by atoms with Crippen LogP contribution in [0.15, 0.2) is 18.3 Å². The van der Waals surface area contributed by atoms with Gasteiger partial charge in [-0.1, -0.05) is 0 Å². The summed E-state index contributed by atoms with van der Waals surface area (Å²) in [6.07, 6.45) is 6.55. The van der Waals surface area contributed by atoms with E-state index in [0.29, 0.717) is 24.1 Å². The van der Waals surface area contributed by atoms with Crippen LogP contribution in [-0.2, 0) is 4.79 Å². The fourth-order valence-electron chi connectivity index (χ4n) is 4.77. The molecule has 6 nitrogen and oxygen atoms in total. The van der Waals surface area contributed by atoms with E-state index in [9.17, 15) is 9.59 Å². The van der Waals surface area contributed by atoms with Crippen LogP contribution in [0.25, 0.3) is 0 Å². The highest BCUT2D eigenvalue weighted by Crippen LogP contribution is 2.41. The lowest BCUT2D eigenvalue weighted by Gasteiger charge is -2.48. The second-order valence-electron chi connectivity index (χ2n) is 8.10. The predicted molar refractivity (Wildman–Crippen MR) is 95.2 cm³/mol. The maximum absolute atomic E-state index is 12.5. The van der Waals surface area contributed by atoms with Crippen LogP contribution in [0.1, 0.15) is 42.6 Å². The highest BCUT2D eigenvalue weighted by atomic mass is 16.2. The summed E-state index contributed by atoms with van der Waals surface area (Å²) in [5.41, 5.74) is 0.882. The average molecular weight is 344 g/mol. The Morgan fingerprint density at radius 2 is 2.04 bits per heavy atom. The van der Waals surface area contributed by atoms with Gasteiger partial charge in [-0.2, -0.15) is 0 Å². The first kappa shape index (κ1) is 16.6. The zero-order valence-electron chi connectivity index (χ0n) is 15.0. The van der Waals surface area contributed by atoms with Gasteiger partial charge in [-0.3, -0.25) is 9.59 Å². The summed E-state index contributed by atoms with van der Waals surface area (Å²) in [7, 11) is 2.13. The third-order valence-corrected chi connectivity index (χ3v) is 6.44. The number of likely N-dealkylation sites (tertiary alicyclic amines) is 3. The van der Waals surface area contributed by atoms with Gasteiger partial charge < -0.3 is 19.7 Å². The minimum Gasteiger partial charge on any atom is -0.357 e. The Labute approximate surface area is 149 Å². The van der Waals surface area contributed by atoms with E-state index in [0.717, 1.165) is 58.4 Å². The van der Waals surface area contributed by atoms with Gasteiger partial charge in [-0.25, -0.2) is 0 Å². The van der Waals surface area contributed by atoms with Gasteiger partial charge in [0.25, 0.3) is 5.91 Å². The number of nitrogens with zero attached hydrogens (tertiary/aromatic N) is 3. The standard InChI is InChI=1S/C19H28N4O2/c1-21-10-5-15(13-21)23-14-19(6-4-17(23)24)7-11-22(12-8-19)18(25)16-3-2-9-20-16/h2-3,9,15,20H,4-8,10-14H2,1H3. The molecule has 25 heavy (non-hydrogen) atoms. The first-order valence-electron chi connectivity index (χ1n) is 9.47. The Morgan fingerprint density at radius 1 is 1.24 bits per heavy atom. The van der Waals surface area contributed by atoms with Gasteiger partial charge in [-0.05, 0) is 56.8 Å². The van der Waals surface area contributed by atoms with Crippen LogP contribution in [0.5, 0.6) is 0 Å². The van der Waals surface area contributed by atoms with Gasteiger partial charge in [0.05, 0.1) is 0 Å². The highest BCUT2D eigenvalue weighted by Gasteiger charge is 2.44. The summed E-state index contributed by atoms with van der Waals surface area (Å²) in [5.74, 6) is 0.428. The molecule has 3 saturated heterocycles. The zero-order valence-corrected chi connectivity index (χ0v) is 15.0. The van der Waals surface area contributed by atoms with Crippen molar-refractivity contribution in [1.82, 2.24) is 19.7 Å². The van der Waals surface area contributed by atoms with E-state index in [-0.39, 0.29) is 11.3 Å². The average Bonchev–Trinajstić information content (AvgIpc) is 3.29. The lowest BCUT2D eigenvalue weighted by Crippen LogP contribution is -2.55. The monoisotopic (exact) mass is 344 g/mol. The molecule has 0 saturated carbocycles. The topological polar surface area (TPSA) is 59.6 Å². The number of carbonyl (C=O) groups is 2. The molecule has 4 heterocycles. The van der Waals surface area contributed by atoms with Crippen molar-refractivity contribution >= 4 is 11.8 Å². The number of aromatic nitrogens is 1. The van der Waals surface area contributed by atoms with Crippen LogP contribution in [0.2, 0.25) is 0 Å². The van der Waals surface area contributed by atoms with Crippen LogP contribution in [0, 0.1) is 5.41 Å². The number of hydrogen-bond donors (Lipinski definition) is 1. The van der Waals surface area contributed by atoms with E-state index in [4.69, 9.17) is 0 Å². The third kappa shape index (κ3) is 3.19. The molecule has 1 aromatic heterocycles. The number of piperidine rings is 2. The van der Waals surface area contributed by atoms with E-state index in [1.54, 1.807) is 6.20 Å². The molecule has 3 fully saturated rings. The first-order chi connectivity index (χ1) is 12.1. The van der Waals surface area contributed by atoms with Gasteiger partial charge in [0.15, 0.2) is 0 Å². The van der Waals surface area contributed by atoms with Crippen molar-refractivity contribution in [1.29, 1.82) is 0 Å². The Hall–Kier alpha value is -1.82. The SMILES string of the molecule is CN1CCC(N2CC3(CCC2=O)CCN(C(=O)c2ccc[nH]2)CC3)C1. The number of carbonyl (C=O) groups excluding carboxylic acids is 2. The number of H-pyrrole nitrogens is 1. The molecule has 1 atom stereocenters. The minimum atomic E-state index is 0.0982. The summed E-state index contributed by atoms with van der Waals surface area (Å²) in [5, 5.41) is 0. The van der Waals surface area contributed by atoms with Crippen molar-refractivity contribution < 1.29 is 9.59 Å². The van der Waals surface area contributed by atoms with Crippen LogP contribution in [0.3, 0.4) is 0 Å². The van der Waals surface area contributed by atoms with Gasteiger partial charge in [-0.15, -0.1) is 0 Å². The molecule has 1 N–H and O–H groups in total. The fraction of sp³-hybridized carbons (Fsp3) is 0.684. The Kier molecular flexibility index (Phi) is 4.31. The van der Waals surface area contributed by atoms with Crippen LogP contribution >= 0.6 is 0 Å². The number of hydrogen-bond acceptors (Lipinski definition) is 3. The fourth-order valence-corrected chi connectivity index (χ4v) is 4.77. The second kappa shape index (κ2) is 6.48. The third-order valence-electron chi connectivity index (χ3n) is 6.44. The zero-order chi connectivity index (χ0) is 17.4. The Bertz CT molecular complexity index is 634. The molecule has 0 radical (unpaired) electrons. The van der Waals surface area contributed by atoms with Crippen molar-refractivity contribution in [3.05, 3.63) is 24.0 Å². The summed E-state index contributed by atoms with van der Waals surface area (Å²) < 4.78 is 0. The summed E-state index contributed by atoms with van der Waals surface area (Å²) >= 11 is 0.